The number of benzene rings is 11. The van der Waals surface area contributed by atoms with Crippen molar-refractivity contribution in [3.05, 3.63) is 255 Å². The molecule has 0 N–H and O–H groups in total. The summed E-state index contributed by atoms with van der Waals surface area (Å²) >= 11 is 1.90. The van der Waals surface area contributed by atoms with E-state index >= 15 is 0 Å². The van der Waals surface area contributed by atoms with Crippen molar-refractivity contribution in [1.82, 2.24) is 0 Å². The van der Waals surface area contributed by atoms with Crippen molar-refractivity contribution in [2.45, 2.75) is 0 Å². The Labute approximate surface area is 399 Å². The Morgan fingerprint density at radius 1 is 0.206 bits per heavy atom. The SMILES string of the molecule is c1ccc(-c2cccc3c2oc2c(-c4cccc(-c5cccc(-c6cccc(-c7cccc(-c8cccc(-c9cccc%10c9sc9c(-c%11ccccc%11)cccc9%10)c8)c7)c6)c5)c4)cccc23)cc1. The van der Waals surface area contributed by atoms with Gasteiger partial charge in [-0.1, -0.05) is 224 Å². The minimum absolute atomic E-state index is 0.910. The van der Waals surface area contributed by atoms with Gasteiger partial charge < -0.3 is 4.42 Å². The first-order chi connectivity index (χ1) is 33.7. The van der Waals surface area contributed by atoms with E-state index in [0.717, 1.165) is 49.8 Å². The van der Waals surface area contributed by atoms with Crippen LogP contribution in [0.3, 0.4) is 0 Å². The van der Waals surface area contributed by atoms with E-state index in [1.807, 2.05) is 11.3 Å². The van der Waals surface area contributed by atoms with Gasteiger partial charge in [0.15, 0.2) is 0 Å². The molecular formula is C66H42OS. The van der Waals surface area contributed by atoms with Crippen LogP contribution in [-0.4, -0.2) is 0 Å². The fourth-order valence-electron chi connectivity index (χ4n) is 10.2. The van der Waals surface area contributed by atoms with Crippen LogP contribution < -0.4 is 0 Å². The highest BCUT2D eigenvalue weighted by atomic mass is 32.1. The molecule has 0 radical (unpaired) electrons. The van der Waals surface area contributed by atoms with E-state index in [-0.39, 0.29) is 0 Å². The van der Waals surface area contributed by atoms with E-state index in [4.69, 9.17) is 4.42 Å². The lowest BCUT2D eigenvalue weighted by atomic mass is 9.93. The van der Waals surface area contributed by atoms with Crippen molar-refractivity contribution in [3.63, 3.8) is 0 Å². The minimum atomic E-state index is 0.910. The predicted molar refractivity (Wildman–Crippen MR) is 290 cm³/mol. The van der Waals surface area contributed by atoms with Crippen LogP contribution in [0.4, 0.5) is 0 Å². The van der Waals surface area contributed by atoms with Gasteiger partial charge in [-0.25, -0.2) is 0 Å². The summed E-state index contributed by atoms with van der Waals surface area (Å²) in [5, 5.41) is 4.87. The molecule has 0 bridgehead atoms. The second-order valence-corrected chi connectivity index (χ2v) is 18.6. The lowest BCUT2D eigenvalue weighted by molar-refractivity contribution is 0.671. The molecule has 13 aromatic rings. The van der Waals surface area contributed by atoms with Crippen molar-refractivity contribution in [3.8, 4) is 89.0 Å². The highest BCUT2D eigenvalue weighted by Gasteiger charge is 2.17. The van der Waals surface area contributed by atoms with Crippen LogP contribution in [0.25, 0.3) is 131 Å². The maximum absolute atomic E-state index is 6.79. The zero-order chi connectivity index (χ0) is 45.0. The van der Waals surface area contributed by atoms with Crippen LogP contribution in [-0.2, 0) is 0 Å². The maximum Gasteiger partial charge on any atom is 0.143 e. The molecule has 318 valence electrons. The van der Waals surface area contributed by atoms with Crippen molar-refractivity contribution >= 4 is 53.4 Å². The summed E-state index contributed by atoms with van der Waals surface area (Å²) in [4.78, 5) is 0. The molecule has 0 spiro atoms. The smallest absolute Gasteiger partial charge is 0.143 e. The molecule has 0 atom stereocenters. The Morgan fingerprint density at radius 2 is 0.471 bits per heavy atom. The molecule has 0 saturated carbocycles. The quantitative estimate of drug-likeness (QED) is 0.148. The van der Waals surface area contributed by atoms with Gasteiger partial charge >= 0.3 is 0 Å². The van der Waals surface area contributed by atoms with Crippen molar-refractivity contribution in [2.75, 3.05) is 0 Å². The fourth-order valence-corrected chi connectivity index (χ4v) is 11.5. The first-order valence-electron chi connectivity index (χ1n) is 23.2. The first-order valence-corrected chi connectivity index (χ1v) is 24.0. The van der Waals surface area contributed by atoms with E-state index in [2.05, 4.69) is 255 Å². The van der Waals surface area contributed by atoms with Gasteiger partial charge in [-0.15, -0.1) is 11.3 Å². The molecular weight excluding hydrogens is 841 g/mol. The van der Waals surface area contributed by atoms with Crippen LogP contribution in [0.15, 0.2) is 259 Å². The Balaban J connectivity index is 0.805. The molecule has 11 aromatic carbocycles. The molecule has 1 nitrogen and oxygen atoms in total. The molecule has 13 rings (SSSR count). The molecule has 2 aromatic heterocycles. The van der Waals surface area contributed by atoms with Crippen LogP contribution in [0.2, 0.25) is 0 Å². The van der Waals surface area contributed by atoms with Gasteiger partial charge in [-0.05, 0) is 108 Å². The molecule has 0 aliphatic carbocycles. The van der Waals surface area contributed by atoms with E-state index in [1.165, 1.54) is 81.4 Å². The maximum atomic E-state index is 6.79. The summed E-state index contributed by atoms with van der Waals surface area (Å²) in [5.41, 5.74) is 20.8. The zero-order valence-corrected chi connectivity index (χ0v) is 37.9. The van der Waals surface area contributed by atoms with Gasteiger partial charge in [0.1, 0.15) is 11.2 Å². The average molecular weight is 883 g/mol. The van der Waals surface area contributed by atoms with Gasteiger partial charge in [-0.2, -0.15) is 0 Å². The molecule has 0 aliphatic heterocycles. The third kappa shape index (κ3) is 7.02. The molecule has 0 fully saturated rings. The molecule has 2 heteroatoms. The number of hydrogen-bond donors (Lipinski definition) is 0. The second-order valence-electron chi connectivity index (χ2n) is 17.6. The monoisotopic (exact) mass is 882 g/mol. The van der Waals surface area contributed by atoms with Crippen molar-refractivity contribution < 1.29 is 4.42 Å². The second kappa shape index (κ2) is 16.7. The summed E-state index contributed by atoms with van der Waals surface area (Å²) < 4.78 is 9.44. The van der Waals surface area contributed by atoms with Crippen LogP contribution in [0.5, 0.6) is 0 Å². The summed E-state index contributed by atoms with van der Waals surface area (Å²) in [6, 6.07) is 92.3. The van der Waals surface area contributed by atoms with E-state index < -0.39 is 0 Å². The highest BCUT2D eigenvalue weighted by Crippen LogP contribution is 2.45. The average Bonchev–Trinajstić information content (AvgIpc) is 4.01. The van der Waals surface area contributed by atoms with Gasteiger partial charge in [0.05, 0.1) is 0 Å². The topological polar surface area (TPSA) is 13.1 Å². The van der Waals surface area contributed by atoms with Crippen molar-refractivity contribution in [1.29, 1.82) is 0 Å². The lowest BCUT2D eigenvalue weighted by Gasteiger charge is -2.11. The summed E-state index contributed by atoms with van der Waals surface area (Å²) in [5.74, 6) is 0. The fraction of sp³-hybridized carbons (Fsp3) is 0. The third-order valence-corrected chi connectivity index (χ3v) is 14.8. The summed E-state index contributed by atoms with van der Waals surface area (Å²) in [6.07, 6.45) is 0. The third-order valence-electron chi connectivity index (χ3n) is 13.5. The number of rotatable bonds is 8. The van der Waals surface area contributed by atoms with Crippen LogP contribution in [0, 0.1) is 0 Å². The number of hydrogen-bond acceptors (Lipinski definition) is 2. The normalized spacial score (nSPS) is 11.5. The minimum Gasteiger partial charge on any atom is -0.455 e. The lowest BCUT2D eigenvalue weighted by Crippen LogP contribution is -1.86. The van der Waals surface area contributed by atoms with Crippen LogP contribution >= 0.6 is 11.3 Å². The standard InChI is InChI=1S/C66H42OS/c1-3-16-43(17-4-1)55-30-12-34-59-60-35-13-31-56(64(60)67-63(55)59)53-28-10-26-51(41-53)49-24-8-22-47(39-49)45-20-7-21-46(38-45)48-23-9-25-50(40-48)52-27-11-29-54(42-52)58-33-15-37-62-61-36-14-32-57(65(61)68-66(58)62)44-18-5-2-6-19-44/h1-42H. The van der Waals surface area contributed by atoms with Gasteiger partial charge in [0.2, 0.25) is 0 Å². The molecule has 2 heterocycles. The van der Waals surface area contributed by atoms with Crippen LogP contribution in [0.1, 0.15) is 0 Å². The van der Waals surface area contributed by atoms with Gasteiger partial charge in [-0.3, -0.25) is 0 Å². The largest absolute Gasteiger partial charge is 0.455 e. The Morgan fingerprint density at radius 3 is 0.882 bits per heavy atom. The predicted octanol–water partition coefficient (Wildman–Crippen LogP) is 19.3. The van der Waals surface area contributed by atoms with E-state index in [0.29, 0.717) is 0 Å². The number of furan rings is 1. The molecule has 0 saturated heterocycles. The van der Waals surface area contributed by atoms with Gasteiger partial charge in [0.25, 0.3) is 0 Å². The zero-order valence-electron chi connectivity index (χ0n) is 37.1. The van der Waals surface area contributed by atoms with Gasteiger partial charge in [0, 0.05) is 42.1 Å². The number of fused-ring (bicyclic) bond motifs is 6. The first kappa shape index (κ1) is 39.8. The Bertz CT molecular complexity index is 3760. The highest BCUT2D eigenvalue weighted by molar-refractivity contribution is 7.26. The molecule has 68 heavy (non-hydrogen) atoms. The Hall–Kier alpha value is -8.56. The summed E-state index contributed by atoms with van der Waals surface area (Å²) in [6.45, 7) is 0. The molecule has 0 aliphatic rings. The van der Waals surface area contributed by atoms with E-state index in [1.54, 1.807) is 0 Å². The number of thiophene rings is 1. The summed E-state index contributed by atoms with van der Waals surface area (Å²) in [7, 11) is 0. The Kier molecular flexibility index (Phi) is 9.77. The van der Waals surface area contributed by atoms with Crippen molar-refractivity contribution in [2.24, 2.45) is 0 Å². The molecule has 0 amide bonds. The number of para-hydroxylation sites is 2. The molecule has 0 unspecified atom stereocenters. The van der Waals surface area contributed by atoms with E-state index in [9.17, 15) is 0 Å².